The number of carbonyl (C=O) groups is 1. The van der Waals surface area contributed by atoms with E-state index < -0.39 is 4.92 Å². The molecule has 3 rings (SSSR count). The Morgan fingerprint density at radius 2 is 2.09 bits per heavy atom. The molecule has 0 radical (unpaired) electrons. The van der Waals surface area contributed by atoms with Crippen molar-refractivity contribution in [3.05, 3.63) is 63.2 Å². The number of nitro groups is 1. The zero-order chi connectivity index (χ0) is 15.7. The van der Waals surface area contributed by atoms with Crippen molar-refractivity contribution in [3.8, 4) is 5.75 Å². The quantitative estimate of drug-likeness (QED) is 0.697. The molecule has 112 valence electrons. The van der Waals surface area contributed by atoms with Gasteiger partial charge in [0, 0.05) is 29.3 Å². The van der Waals surface area contributed by atoms with Gasteiger partial charge in [-0.2, -0.15) is 0 Å². The minimum absolute atomic E-state index is 0.0137. The van der Waals surface area contributed by atoms with E-state index in [0.717, 1.165) is 17.7 Å². The van der Waals surface area contributed by atoms with Crippen LogP contribution in [0.4, 0.5) is 11.4 Å². The van der Waals surface area contributed by atoms with Gasteiger partial charge in [0.15, 0.2) is 0 Å². The van der Waals surface area contributed by atoms with Crippen molar-refractivity contribution in [1.29, 1.82) is 0 Å². The zero-order valence-corrected chi connectivity index (χ0v) is 12.0. The lowest BCUT2D eigenvalue weighted by Gasteiger charge is -2.07. The number of anilines is 1. The van der Waals surface area contributed by atoms with E-state index in [1.165, 1.54) is 6.07 Å². The first kappa shape index (κ1) is 14.1. The molecular weight excluding hydrogens is 284 g/mol. The first-order valence-electron chi connectivity index (χ1n) is 6.87. The van der Waals surface area contributed by atoms with Gasteiger partial charge in [-0.05, 0) is 36.8 Å². The molecule has 0 unspecified atom stereocenters. The molecule has 1 heterocycles. The van der Waals surface area contributed by atoms with E-state index in [1.54, 1.807) is 37.3 Å². The number of hydrogen-bond donors (Lipinski definition) is 1. The molecule has 0 saturated heterocycles. The Morgan fingerprint density at radius 3 is 2.86 bits per heavy atom. The Hall–Kier alpha value is -2.89. The molecule has 0 bridgehead atoms. The molecule has 22 heavy (non-hydrogen) atoms. The minimum Gasteiger partial charge on any atom is -0.493 e. The molecule has 0 fully saturated rings. The molecule has 2 aromatic rings. The third-order valence-corrected chi connectivity index (χ3v) is 3.62. The number of nitro benzene ring substituents is 1. The molecular formula is C16H14N2O4. The molecule has 0 atom stereocenters. The highest BCUT2D eigenvalue weighted by Gasteiger charge is 2.16. The number of benzene rings is 2. The van der Waals surface area contributed by atoms with Crippen molar-refractivity contribution in [3.63, 3.8) is 0 Å². The molecule has 1 N–H and O–H groups in total. The maximum Gasteiger partial charge on any atom is 0.274 e. The summed E-state index contributed by atoms with van der Waals surface area (Å²) < 4.78 is 5.40. The number of ether oxygens (including phenoxy) is 1. The molecule has 1 aliphatic heterocycles. The number of nitrogens with one attached hydrogen (secondary N) is 1. The van der Waals surface area contributed by atoms with E-state index in [0.29, 0.717) is 23.4 Å². The second kappa shape index (κ2) is 5.48. The van der Waals surface area contributed by atoms with Crippen LogP contribution >= 0.6 is 0 Å². The summed E-state index contributed by atoms with van der Waals surface area (Å²) in [6.07, 6.45) is 0.784. The predicted molar refractivity (Wildman–Crippen MR) is 81.4 cm³/mol. The first-order valence-corrected chi connectivity index (χ1v) is 6.87. The van der Waals surface area contributed by atoms with E-state index in [1.807, 2.05) is 0 Å². The summed E-state index contributed by atoms with van der Waals surface area (Å²) in [5.74, 6) is 0.510. The van der Waals surface area contributed by atoms with Gasteiger partial charge >= 0.3 is 0 Å². The molecule has 1 aliphatic rings. The average molecular weight is 298 g/mol. The zero-order valence-electron chi connectivity index (χ0n) is 12.0. The van der Waals surface area contributed by atoms with Crippen LogP contribution in [0.1, 0.15) is 21.5 Å². The molecule has 0 spiro atoms. The van der Waals surface area contributed by atoms with Crippen LogP contribution in [0, 0.1) is 17.0 Å². The molecule has 1 amide bonds. The van der Waals surface area contributed by atoms with Crippen molar-refractivity contribution < 1.29 is 14.5 Å². The maximum absolute atomic E-state index is 12.3. The molecule has 0 saturated carbocycles. The van der Waals surface area contributed by atoms with Gasteiger partial charge in [0.2, 0.25) is 0 Å². The van der Waals surface area contributed by atoms with Gasteiger partial charge in [-0.3, -0.25) is 14.9 Å². The fourth-order valence-corrected chi connectivity index (χ4v) is 2.41. The fraction of sp³-hybridized carbons (Fsp3) is 0.188. The fourth-order valence-electron chi connectivity index (χ4n) is 2.41. The second-order valence-corrected chi connectivity index (χ2v) is 5.13. The summed E-state index contributed by atoms with van der Waals surface area (Å²) in [5, 5.41) is 13.6. The van der Waals surface area contributed by atoms with Gasteiger partial charge in [0.05, 0.1) is 11.5 Å². The van der Waals surface area contributed by atoms with E-state index in [4.69, 9.17) is 4.74 Å². The van der Waals surface area contributed by atoms with E-state index in [-0.39, 0.29) is 11.6 Å². The van der Waals surface area contributed by atoms with E-state index >= 15 is 0 Å². The van der Waals surface area contributed by atoms with Gasteiger partial charge in [0.25, 0.3) is 11.6 Å². The van der Waals surface area contributed by atoms with Gasteiger partial charge in [0.1, 0.15) is 5.75 Å². The first-order chi connectivity index (χ1) is 10.5. The maximum atomic E-state index is 12.3. The smallest absolute Gasteiger partial charge is 0.274 e. The van der Waals surface area contributed by atoms with Crippen molar-refractivity contribution in [2.45, 2.75) is 13.3 Å². The lowest BCUT2D eigenvalue weighted by molar-refractivity contribution is -0.385. The van der Waals surface area contributed by atoms with E-state index in [9.17, 15) is 14.9 Å². The summed E-state index contributed by atoms with van der Waals surface area (Å²) in [6.45, 7) is 2.29. The predicted octanol–water partition coefficient (Wildman–Crippen LogP) is 3.09. The van der Waals surface area contributed by atoms with Crippen LogP contribution in [-0.2, 0) is 6.42 Å². The number of aryl methyl sites for hydroxylation is 1. The number of hydrogen-bond acceptors (Lipinski definition) is 4. The van der Waals surface area contributed by atoms with Gasteiger partial charge in [-0.15, -0.1) is 0 Å². The largest absolute Gasteiger partial charge is 0.493 e. The molecule has 0 aromatic heterocycles. The highest BCUT2D eigenvalue weighted by atomic mass is 16.6. The normalized spacial score (nSPS) is 12.4. The number of fused-ring (bicyclic) bond motifs is 1. The van der Waals surface area contributed by atoms with Gasteiger partial charge in [-0.1, -0.05) is 6.07 Å². The lowest BCUT2D eigenvalue weighted by Crippen LogP contribution is -2.12. The van der Waals surface area contributed by atoms with Crippen LogP contribution in [-0.4, -0.2) is 17.4 Å². The Kier molecular flexibility index (Phi) is 3.50. The molecule has 0 aliphatic carbocycles. The highest BCUT2D eigenvalue weighted by molar-refractivity contribution is 6.04. The molecule has 6 nitrogen and oxygen atoms in total. The average Bonchev–Trinajstić information content (AvgIpc) is 2.96. The summed E-state index contributed by atoms with van der Waals surface area (Å²) in [5.41, 5.74) is 2.45. The Bertz CT molecular complexity index is 771. The standard InChI is InChI=1S/C16H14N2O4/c1-10-2-4-13(9-14(10)18(20)21)17-16(19)12-3-5-15-11(8-12)6-7-22-15/h2-5,8-9H,6-7H2,1H3,(H,17,19). The topological polar surface area (TPSA) is 81.5 Å². The lowest BCUT2D eigenvalue weighted by atomic mass is 10.1. The summed E-state index contributed by atoms with van der Waals surface area (Å²) in [4.78, 5) is 22.7. The van der Waals surface area contributed by atoms with Gasteiger partial charge < -0.3 is 10.1 Å². The Balaban J connectivity index is 1.82. The number of amides is 1. The van der Waals surface area contributed by atoms with Crippen molar-refractivity contribution in [2.24, 2.45) is 0 Å². The van der Waals surface area contributed by atoms with Crippen LogP contribution < -0.4 is 10.1 Å². The van der Waals surface area contributed by atoms with Crippen molar-refractivity contribution >= 4 is 17.3 Å². The minimum atomic E-state index is -0.461. The third-order valence-electron chi connectivity index (χ3n) is 3.62. The summed E-state index contributed by atoms with van der Waals surface area (Å²) in [7, 11) is 0. The van der Waals surface area contributed by atoms with Crippen LogP contribution in [0.25, 0.3) is 0 Å². The van der Waals surface area contributed by atoms with Crippen molar-refractivity contribution in [1.82, 2.24) is 0 Å². The van der Waals surface area contributed by atoms with Crippen molar-refractivity contribution in [2.75, 3.05) is 11.9 Å². The third kappa shape index (κ3) is 2.63. The number of rotatable bonds is 3. The molecule has 2 aromatic carbocycles. The summed E-state index contributed by atoms with van der Waals surface area (Å²) in [6, 6.07) is 9.88. The van der Waals surface area contributed by atoms with E-state index in [2.05, 4.69) is 5.32 Å². The summed E-state index contributed by atoms with van der Waals surface area (Å²) >= 11 is 0. The number of nitrogens with zero attached hydrogens (tertiary/aromatic N) is 1. The van der Waals surface area contributed by atoms with Crippen LogP contribution in [0.5, 0.6) is 5.75 Å². The number of carbonyl (C=O) groups excluding carboxylic acids is 1. The SMILES string of the molecule is Cc1ccc(NC(=O)c2ccc3c(c2)CCO3)cc1[N+](=O)[O-]. The monoisotopic (exact) mass is 298 g/mol. The van der Waals surface area contributed by atoms with Crippen LogP contribution in [0.15, 0.2) is 36.4 Å². The Labute approximate surface area is 126 Å². The molecule has 6 heteroatoms. The Morgan fingerprint density at radius 1 is 1.27 bits per heavy atom. The van der Waals surface area contributed by atoms with Gasteiger partial charge in [-0.25, -0.2) is 0 Å². The highest BCUT2D eigenvalue weighted by Crippen LogP contribution is 2.27. The van der Waals surface area contributed by atoms with Crippen LogP contribution in [0.2, 0.25) is 0 Å². The van der Waals surface area contributed by atoms with Crippen LogP contribution in [0.3, 0.4) is 0 Å². The second-order valence-electron chi connectivity index (χ2n) is 5.13.